The zero-order valence-electron chi connectivity index (χ0n) is 14.9. The van der Waals surface area contributed by atoms with Crippen molar-refractivity contribution in [2.75, 3.05) is 11.5 Å². The maximum Gasteiger partial charge on any atom is 0.145 e. The third-order valence-corrected chi connectivity index (χ3v) is 3.97. The molecule has 0 aliphatic rings. The van der Waals surface area contributed by atoms with Gasteiger partial charge in [0.05, 0.1) is 23.8 Å². The monoisotopic (exact) mass is 370 g/mol. The Morgan fingerprint density at radius 2 is 0.821 bits per heavy atom. The van der Waals surface area contributed by atoms with Crippen LogP contribution in [0.5, 0.6) is 23.0 Å². The fourth-order valence-electron chi connectivity index (χ4n) is 2.53. The molecule has 0 saturated heterocycles. The molecule has 2 aromatic heterocycles. The number of rotatable bonds is 5. The second-order valence-corrected chi connectivity index (χ2v) is 6.10. The van der Waals surface area contributed by atoms with Crippen LogP contribution < -0.4 is 20.9 Å². The first-order valence-electron chi connectivity index (χ1n) is 8.65. The summed E-state index contributed by atoms with van der Waals surface area (Å²) in [5, 5.41) is 0. The van der Waals surface area contributed by atoms with E-state index in [2.05, 4.69) is 9.97 Å². The minimum Gasteiger partial charge on any atom is -0.456 e. The highest BCUT2D eigenvalue weighted by Crippen LogP contribution is 2.26. The summed E-state index contributed by atoms with van der Waals surface area (Å²) in [5.41, 5.74) is 14.2. The van der Waals surface area contributed by atoms with E-state index in [0.717, 1.165) is 11.4 Å². The predicted molar refractivity (Wildman–Crippen MR) is 109 cm³/mol. The molecule has 28 heavy (non-hydrogen) atoms. The van der Waals surface area contributed by atoms with E-state index in [-0.39, 0.29) is 0 Å². The van der Waals surface area contributed by atoms with E-state index in [1.54, 1.807) is 36.7 Å². The molecule has 6 nitrogen and oxygen atoms in total. The van der Waals surface area contributed by atoms with Crippen LogP contribution in [0.4, 0.5) is 11.4 Å². The van der Waals surface area contributed by atoms with E-state index in [0.29, 0.717) is 34.4 Å². The largest absolute Gasteiger partial charge is 0.456 e. The van der Waals surface area contributed by atoms with Gasteiger partial charge in [-0.25, -0.2) is 0 Å². The Labute approximate surface area is 162 Å². The van der Waals surface area contributed by atoms with Gasteiger partial charge in [-0.05, 0) is 72.8 Å². The van der Waals surface area contributed by atoms with Crippen molar-refractivity contribution in [1.29, 1.82) is 0 Å². The topological polar surface area (TPSA) is 96.3 Å². The highest BCUT2D eigenvalue weighted by atomic mass is 16.5. The van der Waals surface area contributed by atoms with Crippen LogP contribution in [0.1, 0.15) is 0 Å². The molecule has 138 valence electrons. The highest BCUT2D eigenvalue weighted by molar-refractivity contribution is 5.55. The summed E-state index contributed by atoms with van der Waals surface area (Å²) in [5.74, 6) is 2.67. The third kappa shape index (κ3) is 4.19. The minimum absolute atomic E-state index is 0.636. The summed E-state index contributed by atoms with van der Waals surface area (Å²) in [4.78, 5) is 8.84. The lowest BCUT2D eigenvalue weighted by Gasteiger charge is -2.08. The molecule has 6 heteroatoms. The fourth-order valence-corrected chi connectivity index (χ4v) is 2.53. The number of benzene rings is 2. The van der Waals surface area contributed by atoms with E-state index >= 15 is 0 Å². The van der Waals surface area contributed by atoms with E-state index in [4.69, 9.17) is 20.9 Å². The van der Waals surface area contributed by atoms with Gasteiger partial charge < -0.3 is 20.9 Å². The normalized spacial score (nSPS) is 10.4. The van der Waals surface area contributed by atoms with Crippen LogP contribution in [-0.4, -0.2) is 9.97 Å². The lowest BCUT2D eigenvalue weighted by atomic mass is 10.2. The zero-order valence-corrected chi connectivity index (χ0v) is 14.9. The van der Waals surface area contributed by atoms with Gasteiger partial charge >= 0.3 is 0 Å². The molecule has 0 fully saturated rings. The molecule has 0 unspecified atom stereocenters. The Balaban J connectivity index is 1.43. The van der Waals surface area contributed by atoms with Crippen molar-refractivity contribution in [3.63, 3.8) is 0 Å². The summed E-state index contributed by atoms with van der Waals surface area (Å²) in [6.45, 7) is 0. The minimum atomic E-state index is 0.636. The number of hydrogen-bond donors (Lipinski definition) is 2. The molecular formula is C22H18N4O2. The van der Waals surface area contributed by atoms with Gasteiger partial charge in [0.25, 0.3) is 0 Å². The van der Waals surface area contributed by atoms with Crippen LogP contribution in [0.2, 0.25) is 0 Å². The van der Waals surface area contributed by atoms with E-state index in [1.807, 2.05) is 48.5 Å². The first-order chi connectivity index (χ1) is 13.7. The maximum atomic E-state index is 5.75. The Bertz CT molecular complexity index is 957. The molecule has 4 rings (SSSR count). The summed E-state index contributed by atoms with van der Waals surface area (Å²) >= 11 is 0. The molecule has 4 N–H and O–H groups in total. The first kappa shape index (κ1) is 17.4. The van der Waals surface area contributed by atoms with Gasteiger partial charge in [0.2, 0.25) is 0 Å². The predicted octanol–water partition coefficient (Wildman–Crippen LogP) is 4.89. The first-order valence-corrected chi connectivity index (χ1v) is 8.65. The van der Waals surface area contributed by atoms with Crippen molar-refractivity contribution >= 4 is 11.4 Å². The van der Waals surface area contributed by atoms with Crippen LogP contribution in [0, 0.1) is 0 Å². The van der Waals surface area contributed by atoms with Crippen molar-refractivity contribution in [3.05, 3.63) is 85.2 Å². The standard InChI is InChI=1S/C22H18N4O2/c23-15-1-5-17(6-2-15)27-19-9-11-21(25-13-19)22-12-10-20(14-26-22)28-18-7-3-16(24)4-8-18/h1-14H,23-24H2. The molecule has 2 heterocycles. The molecule has 0 atom stereocenters. The van der Waals surface area contributed by atoms with Crippen molar-refractivity contribution in [2.24, 2.45) is 0 Å². The van der Waals surface area contributed by atoms with Crippen LogP contribution in [-0.2, 0) is 0 Å². The molecule has 4 aromatic rings. The summed E-state index contributed by atoms with van der Waals surface area (Å²) in [6.07, 6.45) is 3.32. The van der Waals surface area contributed by atoms with Gasteiger partial charge in [0.1, 0.15) is 23.0 Å². The summed E-state index contributed by atoms with van der Waals surface area (Å²) < 4.78 is 11.5. The average molecular weight is 370 g/mol. The van der Waals surface area contributed by atoms with Crippen LogP contribution in [0.3, 0.4) is 0 Å². The number of pyridine rings is 2. The molecule has 0 saturated carbocycles. The Kier molecular flexibility index (Phi) is 4.76. The number of aromatic nitrogens is 2. The van der Waals surface area contributed by atoms with Crippen molar-refractivity contribution in [3.8, 4) is 34.4 Å². The number of hydrogen-bond acceptors (Lipinski definition) is 6. The average Bonchev–Trinajstić information content (AvgIpc) is 2.73. The smallest absolute Gasteiger partial charge is 0.145 e. The Morgan fingerprint density at radius 3 is 1.14 bits per heavy atom. The van der Waals surface area contributed by atoms with Crippen LogP contribution >= 0.6 is 0 Å². The van der Waals surface area contributed by atoms with Crippen molar-refractivity contribution in [2.45, 2.75) is 0 Å². The second kappa shape index (κ2) is 7.67. The summed E-state index contributed by atoms with van der Waals surface area (Å²) in [6, 6.07) is 21.8. The molecule has 2 aromatic carbocycles. The van der Waals surface area contributed by atoms with Gasteiger partial charge in [0.15, 0.2) is 0 Å². The molecule has 0 aliphatic heterocycles. The molecule has 0 radical (unpaired) electrons. The lowest BCUT2D eigenvalue weighted by molar-refractivity contribution is 0.479. The van der Waals surface area contributed by atoms with Crippen molar-refractivity contribution < 1.29 is 9.47 Å². The number of anilines is 2. The summed E-state index contributed by atoms with van der Waals surface area (Å²) in [7, 11) is 0. The van der Waals surface area contributed by atoms with Gasteiger partial charge in [0, 0.05) is 11.4 Å². The second-order valence-electron chi connectivity index (χ2n) is 6.10. The molecular weight excluding hydrogens is 352 g/mol. The fraction of sp³-hybridized carbons (Fsp3) is 0. The van der Waals surface area contributed by atoms with Gasteiger partial charge in [-0.2, -0.15) is 0 Å². The SMILES string of the molecule is Nc1ccc(Oc2ccc(-c3ccc(Oc4ccc(N)cc4)cn3)nc2)cc1. The number of ether oxygens (including phenoxy) is 2. The van der Waals surface area contributed by atoms with Crippen LogP contribution in [0.25, 0.3) is 11.4 Å². The zero-order chi connectivity index (χ0) is 19.3. The molecule has 0 bridgehead atoms. The van der Waals surface area contributed by atoms with E-state index in [1.165, 1.54) is 0 Å². The molecule has 0 spiro atoms. The van der Waals surface area contributed by atoms with Crippen LogP contribution in [0.15, 0.2) is 85.2 Å². The van der Waals surface area contributed by atoms with Gasteiger partial charge in [-0.15, -0.1) is 0 Å². The number of nitrogens with zero attached hydrogens (tertiary/aromatic N) is 2. The molecule has 0 amide bonds. The quantitative estimate of drug-likeness (QED) is 0.485. The maximum absolute atomic E-state index is 5.75. The van der Waals surface area contributed by atoms with Gasteiger partial charge in [-0.1, -0.05) is 0 Å². The highest BCUT2D eigenvalue weighted by Gasteiger charge is 2.05. The Morgan fingerprint density at radius 1 is 0.464 bits per heavy atom. The number of nitrogen functional groups attached to an aromatic ring is 2. The van der Waals surface area contributed by atoms with Gasteiger partial charge in [-0.3, -0.25) is 9.97 Å². The lowest BCUT2D eigenvalue weighted by Crippen LogP contribution is -1.91. The van der Waals surface area contributed by atoms with E-state index < -0.39 is 0 Å². The van der Waals surface area contributed by atoms with E-state index in [9.17, 15) is 0 Å². The Hall–Kier alpha value is -4.06. The third-order valence-electron chi connectivity index (χ3n) is 3.97. The molecule has 0 aliphatic carbocycles. The van der Waals surface area contributed by atoms with Crippen molar-refractivity contribution in [1.82, 2.24) is 9.97 Å². The number of nitrogens with two attached hydrogens (primary N) is 2.